The van der Waals surface area contributed by atoms with Crippen LogP contribution in [0.25, 0.3) is 0 Å². The molecule has 1 aromatic rings. The zero-order chi connectivity index (χ0) is 15.1. The Kier molecular flexibility index (Phi) is 6.45. The number of hydrogen-bond acceptors (Lipinski definition) is 4. The Balaban J connectivity index is 1.64. The first-order valence-corrected chi connectivity index (χ1v) is 8.68. The Morgan fingerprint density at radius 3 is 2.95 bits per heavy atom. The van der Waals surface area contributed by atoms with Gasteiger partial charge in [0.15, 0.2) is 0 Å². The average molecular weight is 311 g/mol. The van der Waals surface area contributed by atoms with Gasteiger partial charge in [-0.2, -0.15) is 0 Å². The van der Waals surface area contributed by atoms with Gasteiger partial charge in [0.2, 0.25) is 0 Å². The molecule has 21 heavy (non-hydrogen) atoms. The molecule has 1 aliphatic carbocycles. The molecule has 6 heteroatoms. The lowest BCUT2D eigenvalue weighted by Crippen LogP contribution is -2.40. The predicted octanol–water partition coefficient (Wildman–Crippen LogP) is 2.02. The fourth-order valence-electron chi connectivity index (χ4n) is 2.50. The van der Waals surface area contributed by atoms with Crippen molar-refractivity contribution in [2.45, 2.75) is 58.0 Å². The first-order chi connectivity index (χ1) is 10.2. The van der Waals surface area contributed by atoms with Crippen molar-refractivity contribution in [3.05, 3.63) is 15.6 Å². The maximum atomic E-state index is 11.6. The number of hydrogen-bond donors (Lipinski definition) is 3. The monoisotopic (exact) mass is 311 g/mol. The largest absolute Gasteiger partial charge is 0.391 e. The van der Waals surface area contributed by atoms with Crippen LogP contribution in [0.4, 0.5) is 4.79 Å². The summed E-state index contributed by atoms with van der Waals surface area (Å²) in [4.78, 5) is 17.7. The molecule has 5 nitrogen and oxygen atoms in total. The number of urea groups is 1. The highest BCUT2D eigenvalue weighted by atomic mass is 32.1. The molecule has 0 saturated heterocycles. The Labute approximate surface area is 130 Å². The maximum Gasteiger partial charge on any atom is 0.314 e. The predicted molar refractivity (Wildman–Crippen MR) is 84.8 cm³/mol. The number of aliphatic hydroxyl groups is 1. The van der Waals surface area contributed by atoms with Crippen molar-refractivity contribution in [1.29, 1.82) is 0 Å². The summed E-state index contributed by atoms with van der Waals surface area (Å²) in [5.41, 5.74) is 1.27. The highest BCUT2D eigenvalue weighted by Gasteiger charge is 2.14. The second-order valence-corrected chi connectivity index (χ2v) is 6.68. The minimum atomic E-state index is -0.452. The van der Waals surface area contributed by atoms with Gasteiger partial charge in [-0.15, -0.1) is 11.3 Å². The second-order valence-electron chi connectivity index (χ2n) is 5.51. The molecule has 0 spiro atoms. The summed E-state index contributed by atoms with van der Waals surface area (Å²) in [5.74, 6) is 0. The molecule has 0 bridgehead atoms. The van der Waals surface area contributed by atoms with Gasteiger partial charge in [-0.25, -0.2) is 9.78 Å². The van der Waals surface area contributed by atoms with Crippen molar-refractivity contribution in [3.8, 4) is 0 Å². The Hall–Kier alpha value is -1.14. The number of amides is 2. The van der Waals surface area contributed by atoms with E-state index in [0.29, 0.717) is 19.5 Å². The van der Waals surface area contributed by atoms with Crippen LogP contribution < -0.4 is 10.6 Å². The van der Waals surface area contributed by atoms with Crippen molar-refractivity contribution in [2.75, 3.05) is 13.1 Å². The van der Waals surface area contributed by atoms with Gasteiger partial charge in [0.05, 0.1) is 16.8 Å². The first kappa shape index (κ1) is 16.2. The molecule has 0 saturated carbocycles. The molecule has 1 aromatic heterocycles. The number of thiazole rings is 1. The highest BCUT2D eigenvalue weighted by Crippen LogP contribution is 2.26. The van der Waals surface area contributed by atoms with Gasteiger partial charge in [0.1, 0.15) is 0 Å². The van der Waals surface area contributed by atoms with Crippen LogP contribution in [-0.2, 0) is 19.3 Å². The number of aromatic nitrogens is 1. The smallest absolute Gasteiger partial charge is 0.314 e. The number of carbonyl (C=O) groups is 1. The fourth-order valence-corrected chi connectivity index (χ4v) is 3.66. The van der Waals surface area contributed by atoms with E-state index in [9.17, 15) is 9.90 Å². The van der Waals surface area contributed by atoms with Crippen molar-refractivity contribution >= 4 is 17.4 Å². The minimum Gasteiger partial charge on any atom is -0.391 e. The highest BCUT2D eigenvalue weighted by molar-refractivity contribution is 7.11. The molecule has 118 valence electrons. The van der Waals surface area contributed by atoms with E-state index in [-0.39, 0.29) is 6.03 Å². The van der Waals surface area contributed by atoms with Gasteiger partial charge in [-0.05, 0) is 32.1 Å². The van der Waals surface area contributed by atoms with Crippen LogP contribution in [0.1, 0.15) is 48.2 Å². The summed E-state index contributed by atoms with van der Waals surface area (Å²) in [5, 5.41) is 16.2. The number of rotatable bonds is 7. The molecule has 0 aliphatic heterocycles. The second kappa shape index (κ2) is 8.34. The lowest BCUT2D eigenvalue weighted by Gasteiger charge is -2.11. The van der Waals surface area contributed by atoms with Gasteiger partial charge in [-0.3, -0.25) is 0 Å². The normalized spacial score (nSPS) is 15.3. The lowest BCUT2D eigenvalue weighted by atomic mass is 10.0. The molecular formula is C15H25N3O2S. The van der Waals surface area contributed by atoms with Crippen molar-refractivity contribution in [2.24, 2.45) is 0 Å². The van der Waals surface area contributed by atoms with E-state index < -0.39 is 6.10 Å². The number of carbonyl (C=O) groups excluding carboxylic acids is 1. The molecule has 0 fully saturated rings. The standard InChI is InChI=1S/C15H25N3O2S/c1-2-5-11(19)10-17-15(20)16-9-8-14-18-12-6-3-4-7-13(12)21-14/h11,19H,2-10H2,1H3,(H2,16,17,20). The summed E-state index contributed by atoms with van der Waals surface area (Å²) in [6.45, 7) is 2.91. The molecule has 2 amide bonds. The van der Waals surface area contributed by atoms with Gasteiger partial charge >= 0.3 is 6.03 Å². The van der Waals surface area contributed by atoms with E-state index in [4.69, 9.17) is 0 Å². The zero-order valence-corrected chi connectivity index (χ0v) is 13.5. The van der Waals surface area contributed by atoms with Gasteiger partial charge < -0.3 is 15.7 Å². The van der Waals surface area contributed by atoms with Crippen LogP contribution in [0.2, 0.25) is 0 Å². The number of nitrogens with one attached hydrogen (secondary N) is 2. The van der Waals surface area contributed by atoms with Crippen LogP contribution in [0.5, 0.6) is 0 Å². The van der Waals surface area contributed by atoms with E-state index in [0.717, 1.165) is 30.7 Å². The molecule has 1 unspecified atom stereocenters. The minimum absolute atomic E-state index is 0.216. The topological polar surface area (TPSA) is 74.2 Å². The van der Waals surface area contributed by atoms with Gasteiger partial charge in [0.25, 0.3) is 0 Å². The average Bonchev–Trinajstić information content (AvgIpc) is 2.88. The van der Waals surface area contributed by atoms with Crippen LogP contribution in [-0.4, -0.2) is 35.3 Å². The SMILES string of the molecule is CCCC(O)CNC(=O)NCCc1nc2c(s1)CCCC2. The third-order valence-corrected chi connectivity index (χ3v) is 4.85. The van der Waals surface area contributed by atoms with E-state index in [2.05, 4.69) is 15.6 Å². The van der Waals surface area contributed by atoms with E-state index in [1.807, 2.05) is 6.92 Å². The molecule has 3 N–H and O–H groups in total. The molecule has 1 aliphatic rings. The summed E-state index contributed by atoms with van der Waals surface area (Å²) in [7, 11) is 0. The molecule has 1 atom stereocenters. The Morgan fingerprint density at radius 2 is 2.19 bits per heavy atom. The van der Waals surface area contributed by atoms with E-state index in [1.54, 1.807) is 11.3 Å². The van der Waals surface area contributed by atoms with Crippen molar-refractivity contribution in [1.82, 2.24) is 15.6 Å². The van der Waals surface area contributed by atoms with Crippen molar-refractivity contribution in [3.63, 3.8) is 0 Å². The zero-order valence-electron chi connectivity index (χ0n) is 12.7. The lowest BCUT2D eigenvalue weighted by molar-refractivity contribution is 0.160. The molecule has 0 aromatic carbocycles. The van der Waals surface area contributed by atoms with Crippen molar-refractivity contribution < 1.29 is 9.90 Å². The van der Waals surface area contributed by atoms with Crippen LogP contribution >= 0.6 is 11.3 Å². The quantitative estimate of drug-likeness (QED) is 0.721. The number of aryl methyl sites for hydroxylation is 2. The molecule has 1 heterocycles. The van der Waals surface area contributed by atoms with E-state index in [1.165, 1.54) is 23.4 Å². The number of nitrogens with zero attached hydrogens (tertiary/aromatic N) is 1. The summed E-state index contributed by atoms with van der Waals surface area (Å²) in [6, 6.07) is -0.216. The van der Waals surface area contributed by atoms with Crippen LogP contribution in [0.15, 0.2) is 0 Å². The summed E-state index contributed by atoms with van der Waals surface area (Å²) >= 11 is 1.79. The maximum absolute atomic E-state index is 11.6. The van der Waals surface area contributed by atoms with Crippen LogP contribution in [0.3, 0.4) is 0 Å². The number of fused-ring (bicyclic) bond motifs is 1. The molecule has 0 radical (unpaired) electrons. The summed E-state index contributed by atoms with van der Waals surface area (Å²) in [6.07, 6.45) is 6.75. The number of aliphatic hydroxyl groups excluding tert-OH is 1. The third-order valence-electron chi connectivity index (χ3n) is 3.63. The Bertz CT molecular complexity index is 438. The Morgan fingerprint density at radius 1 is 1.38 bits per heavy atom. The fraction of sp³-hybridized carbons (Fsp3) is 0.733. The third kappa shape index (κ3) is 5.28. The van der Waals surface area contributed by atoms with Gasteiger partial charge in [0, 0.05) is 24.4 Å². The van der Waals surface area contributed by atoms with Gasteiger partial charge in [-0.1, -0.05) is 13.3 Å². The van der Waals surface area contributed by atoms with Crippen LogP contribution in [0, 0.1) is 0 Å². The molecular weight excluding hydrogens is 286 g/mol. The van der Waals surface area contributed by atoms with E-state index >= 15 is 0 Å². The summed E-state index contributed by atoms with van der Waals surface area (Å²) < 4.78 is 0. The molecule has 2 rings (SSSR count). The first-order valence-electron chi connectivity index (χ1n) is 7.86.